The molecule has 0 bridgehead atoms. The lowest BCUT2D eigenvalue weighted by molar-refractivity contribution is -0.123. The SMILES string of the molecule is Cc1ccc(C(C)C)c(OCC(=O)NCC(C)(C)CN(C)C)c1. The van der Waals surface area contributed by atoms with Crippen molar-refractivity contribution >= 4 is 5.91 Å². The van der Waals surface area contributed by atoms with Crippen molar-refractivity contribution in [3.63, 3.8) is 0 Å². The van der Waals surface area contributed by atoms with Gasteiger partial charge in [0, 0.05) is 13.1 Å². The van der Waals surface area contributed by atoms with Gasteiger partial charge in [0.25, 0.3) is 5.91 Å². The molecule has 0 saturated carbocycles. The van der Waals surface area contributed by atoms with Crippen LogP contribution in [0.25, 0.3) is 0 Å². The Balaban J connectivity index is 2.55. The van der Waals surface area contributed by atoms with Crippen LogP contribution in [0.2, 0.25) is 0 Å². The van der Waals surface area contributed by atoms with Crippen molar-refractivity contribution in [2.75, 3.05) is 33.8 Å². The van der Waals surface area contributed by atoms with E-state index in [0.29, 0.717) is 12.5 Å². The molecule has 0 spiro atoms. The highest BCUT2D eigenvalue weighted by Gasteiger charge is 2.20. The van der Waals surface area contributed by atoms with Crippen molar-refractivity contribution in [3.8, 4) is 5.75 Å². The molecule has 0 unspecified atom stereocenters. The van der Waals surface area contributed by atoms with E-state index in [1.165, 1.54) is 0 Å². The standard InChI is InChI=1S/C19H32N2O2/c1-14(2)16-9-8-15(3)10-17(16)23-11-18(22)20-12-19(4,5)13-21(6)7/h8-10,14H,11-13H2,1-7H3,(H,20,22). The number of nitrogens with one attached hydrogen (secondary N) is 1. The summed E-state index contributed by atoms with van der Waals surface area (Å²) in [6.45, 7) is 12.2. The summed E-state index contributed by atoms with van der Waals surface area (Å²) in [6.07, 6.45) is 0. The van der Waals surface area contributed by atoms with Crippen LogP contribution in [0.5, 0.6) is 5.75 Å². The first kappa shape index (κ1) is 19.5. The Morgan fingerprint density at radius 3 is 2.52 bits per heavy atom. The van der Waals surface area contributed by atoms with Gasteiger partial charge < -0.3 is 15.0 Å². The number of aryl methyl sites for hydroxylation is 1. The van der Waals surface area contributed by atoms with Gasteiger partial charge in [-0.2, -0.15) is 0 Å². The third-order valence-corrected chi connectivity index (χ3v) is 3.66. The molecule has 0 radical (unpaired) electrons. The summed E-state index contributed by atoms with van der Waals surface area (Å²) in [5, 5.41) is 2.97. The molecular formula is C19H32N2O2. The second kappa shape index (κ2) is 8.34. The highest BCUT2D eigenvalue weighted by molar-refractivity contribution is 5.77. The van der Waals surface area contributed by atoms with Crippen molar-refractivity contribution < 1.29 is 9.53 Å². The quantitative estimate of drug-likeness (QED) is 0.800. The van der Waals surface area contributed by atoms with Crippen LogP contribution in [0.4, 0.5) is 0 Å². The summed E-state index contributed by atoms with van der Waals surface area (Å²) in [4.78, 5) is 14.2. The molecule has 130 valence electrons. The molecule has 0 heterocycles. The molecular weight excluding hydrogens is 288 g/mol. The molecule has 4 heteroatoms. The van der Waals surface area contributed by atoms with E-state index in [0.717, 1.165) is 23.4 Å². The molecule has 0 fully saturated rings. The zero-order chi connectivity index (χ0) is 17.6. The van der Waals surface area contributed by atoms with Crippen LogP contribution in [0.15, 0.2) is 18.2 Å². The molecule has 1 rings (SSSR count). The third-order valence-electron chi connectivity index (χ3n) is 3.66. The third kappa shape index (κ3) is 7.04. The maximum atomic E-state index is 12.1. The zero-order valence-electron chi connectivity index (χ0n) is 15.7. The summed E-state index contributed by atoms with van der Waals surface area (Å²) in [5.41, 5.74) is 2.30. The van der Waals surface area contributed by atoms with Crippen LogP contribution < -0.4 is 10.1 Å². The molecule has 1 aromatic rings. The van der Waals surface area contributed by atoms with E-state index in [1.54, 1.807) is 0 Å². The van der Waals surface area contributed by atoms with Crippen LogP contribution >= 0.6 is 0 Å². The number of nitrogens with zero attached hydrogens (tertiary/aromatic N) is 1. The van der Waals surface area contributed by atoms with Gasteiger partial charge in [-0.15, -0.1) is 0 Å². The Bertz CT molecular complexity index is 522. The van der Waals surface area contributed by atoms with Crippen molar-refractivity contribution in [2.24, 2.45) is 5.41 Å². The molecule has 0 aromatic heterocycles. The molecule has 0 saturated heterocycles. The van der Waals surface area contributed by atoms with Gasteiger partial charge in [0.15, 0.2) is 6.61 Å². The number of carbonyl (C=O) groups excluding carboxylic acids is 1. The fraction of sp³-hybridized carbons (Fsp3) is 0.632. The van der Waals surface area contributed by atoms with E-state index in [4.69, 9.17) is 4.74 Å². The van der Waals surface area contributed by atoms with E-state index in [2.05, 4.69) is 50.0 Å². The molecule has 0 aliphatic rings. The van der Waals surface area contributed by atoms with Gasteiger partial charge in [0.1, 0.15) is 5.75 Å². The largest absolute Gasteiger partial charge is 0.483 e. The Hall–Kier alpha value is -1.55. The van der Waals surface area contributed by atoms with E-state index in [9.17, 15) is 4.79 Å². The average molecular weight is 320 g/mol. The minimum atomic E-state index is -0.0759. The summed E-state index contributed by atoms with van der Waals surface area (Å²) in [5.74, 6) is 1.10. The molecule has 23 heavy (non-hydrogen) atoms. The first-order chi connectivity index (χ1) is 10.6. The smallest absolute Gasteiger partial charge is 0.257 e. The Kier molecular flexibility index (Phi) is 7.07. The fourth-order valence-electron chi connectivity index (χ4n) is 2.69. The molecule has 1 aromatic carbocycles. The van der Waals surface area contributed by atoms with E-state index >= 15 is 0 Å². The van der Waals surface area contributed by atoms with E-state index in [-0.39, 0.29) is 17.9 Å². The van der Waals surface area contributed by atoms with Crippen LogP contribution in [0.1, 0.15) is 44.7 Å². The Morgan fingerprint density at radius 2 is 1.96 bits per heavy atom. The van der Waals surface area contributed by atoms with Crippen molar-refractivity contribution in [1.29, 1.82) is 0 Å². The van der Waals surface area contributed by atoms with Gasteiger partial charge in [0.05, 0.1) is 0 Å². The highest BCUT2D eigenvalue weighted by Crippen LogP contribution is 2.27. The number of rotatable bonds is 8. The minimum Gasteiger partial charge on any atom is -0.483 e. The van der Waals surface area contributed by atoms with Crippen LogP contribution in [0.3, 0.4) is 0 Å². The lowest BCUT2D eigenvalue weighted by Crippen LogP contribution is -2.41. The number of ether oxygens (including phenoxy) is 1. The normalized spacial score (nSPS) is 11.9. The van der Waals surface area contributed by atoms with Gasteiger partial charge in [-0.3, -0.25) is 4.79 Å². The predicted octanol–water partition coefficient (Wildman–Crippen LogP) is 3.20. The summed E-state index contributed by atoms with van der Waals surface area (Å²) >= 11 is 0. The van der Waals surface area contributed by atoms with Crippen LogP contribution in [0, 0.1) is 12.3 Å². The number of hydrogen-bond donors (Lipinski definition) is 1. The molecule has 0 aliphatic carbocycles. The zero-order valence-corrected chi connectivity index (χ0v) is 15.7. The fourth-order valence-corrected chi connectivity index (χ4v) is 2.69. The average Bonchev–Trinajstić information content (AvgIpc) is 2.41. The summed E-state index contributed by atoms with van der Waals surface area (Å²) in [7, 11) is 4.08. The van der Waals surface area contributed by atoms with Crippen LogP contribution in [-0.4, -0.2) is 44.6 Å². The van der Waals surface area contributed by atoms with Gasteiger partial charge in [0.2, 0.25) is 0 Å². The van der Waals surface area contributed by atoms with Crippen LogP contribution in [-0.2, 0) is 4.79 Å². The Morgan fingerprint density at radius 1 is 1.30 bits per heavy atom. The predicted molar refractivity (Wildman–Crippen MR) is 96.1 cm³/mol. The highest BCUT2D eigenvalue weighted by atomic mass is 16.5. The van der Waals surface area contributed by atoms with Crippen molar-refractivity contribution in [2.45, 2.75) is 40.5 Å². The lowest BCUT2D eigenvalue weighted by Gasteiger charge is -2.28. The molecule has 0 atom stereocenters. The molecule has 0 aliphatic heterocycles. The summed E-state index contributed by atoms with van der Waals surface area (Å²) in [6, 6.07) is 6.15. The van der Waals surface area contributed by atoms with Crippen molar-refractivity contribution in [1.82, 2.24) is 10.2 Å². The molecule has 1 amide bonds. The molecule has 1 N–H and O–H groups in total. The second-order valence-electron chi connectivity index (χ2n) is 7.66. The first-order valence-corrected chi connectivity index (χ1v) is 8.25. The van der Waals surface area contributed by atoms with Gasteiger partial charge in [-0.05, 0) is 49.5 Å². The van der Waals surface area contributed by atoms with E-state index in [1.807, 2.05) is 27.1 Å². The van der Waals surface area contributed by atoms with Gasteiger partial charge in [-0.1, -0.05) is 39.8 Å². The van der Waals surface area contributed by atoms with Crippen molar-refractivity contribution in [3.05, 3.63) is 29.3 Å². The number of amides is 1. The Labute approximate surface area is 141 Å². The van der Waals surface area contributed by atoms with Gasteiger partial charge >= 0.3 is 0 Å². The number of carbonyl (C=O) groups is 1. The monoisotopic (exact) mass is 320 g/mol. The lowest BCUT2D eigenvalue weighted by atomic mass is 9.93. The number of benzene rings is 1. The number of hydrogen-bond acceptors (Lipinski definition) is 3. The molecule has 4 nitrogen and oxygen atoms in total. The maximum absolute atomic E-state index is 12.1. The second-order valence-corrected chi connectivity index (χ2v) is 7.66. The summed E-state index contributed by atoms with van der Waals surface area (Å²) < 4.78 is 5.76. The topological polar surface area (TPSA) is 41.6 Å². The van der Waals surface area contributed by atoms with E-state index < -0.39 is 0 Å². The maximum Gasteiger partial charge on any atom is 0.257 e. The van der Waals surface area contributed by atoms with Gasteiger partial charge in [-0.25, -0.2) is 0 Å². The first-order valence-electron chi connectivity index (χ1n) is 8.25. The minimum absolute atomic E-state index is 0.0333.